The summed E-state index contributed by atoms with van der Waals surface area (Å²) in [5.41, 5.74) is 0. The van der Waals surface area contributed by atoms with Gasteiger partial charge in [-0.3, -0.25) is 4.79 Å². The maximum Gasteiger partial charge on any atom is 0.308 e. The van der Waals surface area contributed by atoms with Crippen molar-refractivity contribution < 1.29 is 18.7 Å². The number of ether oxygens (including phenoxy) is 2. The highest BCUT2D eigenvalue weighted by Crippen LogP contribution is 2.02. The van der Waals surface area contributed by atoms with Crippen LogP contribution in [0.4, 0.5) is 0 Å². The Morgan fingerprint density at radius 1 is 1.57 bits per heavy atom. The van der Waals surface area contributed by atoms with Crippen molar-refractivity contribution in [2.24, 2.45) is 0 Å². The fourth-order valence-corrected chi connectivity index (χ4v) is 0.956. The molecule has 0 aliphatic rings. The zero-order valence-corrected chi connectivity index (χ0v) is 8.19. The van der Waals surface area contributed by atoms with Gasteiger partial charge in [0.2, 0.25) is 0 Å². The second-order valence-electron chi connectivity index (χ2n) is 2.69. The molecule has 1 heterocycles. The first-order valence-electron chi connectivity index (χ1n) is 4.58. The van der Waals surface area contributed by atoms with E-state index in [4.69, 9.17) is 13.9 Å². The molecule has 0 unspecified atom stereocenters. The SMILES string of the molecule is CCOC(=O)CCOCc1ccco1. The van der Waals surface area contributed by atoms with Crippen molar-refractivity contribution in [3.05, 3.63) is 24.2 Å². The van der Waals surface area contributed by atoms with Crippen molar-refractivity contribution in [3.63, 3.8) is 0 Å². The normalized spacial score (nSPS) is 10.1. The van der Waals surface area contributed by atoms with Crippen LogP contribution >= 0.6 is 0 Å². The standard InChI is InChI=1S/C10H14O4/c1-2-13-10(11)5-7-12-8-9-4-3-6-14-9/h3-4,6H,2,5,7-8H2,1H3. The van der Waals surface area contributed by atoms with Crippen LogP contribution < -0.4 is 0 Å². The van der Waals surface area contributed by atoms with E-state index in [0.717, 1.165) is 5.76 Å². The van der Waals surface area contributed by atoms with Crippen LogP contribution in [-0.4, -0.2) is 19.2 Å². The summed E-state index contributed by atoms with van der Waals surface area (Å²) in [5.74, 6) is 0.529. The average Bonchev–Trinajstić information content (AvgIpc) is 2.65. The lowest BCUT2D eigenvalue weighted by molar-refractivity contribution is -0.144. The summed E-state index contributed by atoms with van der Waals surface area (Å²) >= 11 is 0. The molecule has 78 valence electrons. The van der Waals surface area contributed by atoms with E-state index in [-0.39, 0.29) is 12.4 Å². The smallest absolute Gasteiger partial charge is 0.308 e. The van der Waals surface area contributed by atoms with Gasteiger partial charge in [0.25, 0.3) is 0 Å². The Bertz CT molecular complexity index is 253. The fourth-order valence-electron chi connectivity index (χ4n) is 0.956. The van der Waals surface area contributed by atoms with Crippen molar-refractivity contribution in [1.29, 1.82) is 0 Å². The first kappa shape index (κ1) is 10.8. The summed E-state index contributed by atoms with van der Waals surface area (Å²) in [6.45, 7) is 2.95. The number of hydrogen-bond donors (Lipinski definition) is 0. The Labute approximate surface area is 82.8 Å². The first-order valence-corrected chi connectivity index (χ1v) is 4.58. The molecule has 0 N–H and O–H groups in total. The highest BCUT2D eigenvalue weighted by molar-refractivity contribution is 5.69. The highest BCUT2D eigenvalue weighted by atomic mass is 16.5. The van der Waals surface area contributed by atoms with Gasteiger partial charge in [-0.25, -0.2) is 0 Å². The summed E-state index contributed by atoms with van der Waals surface area (Å²) < 4.78 is 15.0. The van der Waals surface area contributed by atoms with Crippen molar-refractivity contribution in [1.82, 2.24) is 0 Å². The minimum atomic E-state index is -0.230. The van der Waals surface area contributed by atoms with Gasteiger partial charge in [-0.15, -0.1) is 0 Å². The van der Waals surface area contributed by atoms with E-state index < -0.39 is 0 Å². The highest BCUT2D eigenvalue weighted by Gasteiger charge is 2.01. The van der Waals surface area contributed by atoms with Crippen molar-refractivity contribution in [2.45, 2.75) is 20.0 Å². The molecule has 4 heteroatoms. The molecule has 0 fully saturated rings. The molecule has 0 atom stereocenters. The molecule has 0 aliphatic heterocycles. The van der Waals surface area contributed by atoms with Crippen LogP contribution in [0.1, 0.15) is 19.1 Å². The summed E-state index contributed by atoms with van der Waals surface area (Å²) in [6.07, 6.45) is 1.87. The minimum absolute atomic E-state index is 0.230. The summed E-state index contributed by atoms with van der Waals surface area (Å²) in [5, 5.41) is 0. The van der Waals surface area contributed by atoms with Gasteiger partial charge in [0.05, 0.1) is 25.9 Å². The number of hydrogen-bond acceptors (Lipinski definition) is 4. The molecule has 0 aromatic carbocycles. The number of esters is 1. The van der Waals surface area contributed by atoms with E-state index in [1.807, 2.05) is 6.07 Å². The van der Waals surface area contributed by atoms with Crippen LogP contribution in [0.5, 0.6) is 0 Å². The Morgan fingerprint density at radius 2 is 2.43 bits per heavy atom. The van der Waals surface area contributed by atoms with Gasteiger partial charge in [0, 0.05) is 0 Å². The Kier molecular flexibility index (Phi) is 4.78. The van der Waals surface area contributed by atoms with Gasteiger partial charge in [-0.1, -0.05) is 0 Å². The Balaban J connectivity index is 2.02. The minimum Gasteiger partial charge on any atom is -0.467 e. The second kappa shape index (κ2) is 6.21. The molecule has 0 saturated heterocycles. The lowest BCUT2D eigenvalue weighted by Crippen LogP contribution is -2.07. The van der Waals surface area contributed by atoms with E-state index in [2.05, 4.69) is 0 Å². The zero-order valence-electron chi connectivity index (χ0n) is 8.19. The van der Waals surface area contributed by atoms with Crippen LogP contribution in [0.25, 0.3) is 0 Å². The van der Waals surface area contributed by atoms with Crippen LogP contribution in [-0.2, 0) is 20.9 Å². The van der Waals surface area contributed by atoms with Gasteiger partial charge < -0.3 is 13.9 Å². The number of carbonyl (C=O) groups excluding carboxylic acids is 1. The van der Waals surface area contributed by atoms with E-state index >= 15 is 0 Å². The third-order valence-electron chi connectivity index (χ3n) is 1.58. The second-order valence-corrected chi connectivity index (χ2v) is 2.69. The number of carbonyl (C=O) groups is 1. The van der Waals surface area contributed by atoms with Crippen LogP contribution in [0, 0.1) is 0 Å². The van der Waals surface area contributed by atoms with Crippen LogP contribution in [0.2, 0.25) is 0 Å². The zero-order chi connectivity index (χ0) is 10.2. The third kappa shape index (κ3) is 4.09. The molecular formula is C10H14O4. The fraction of sp³-hybridized carbons (Fsp3) is 0.500. The maximum absolute atomic E-state index is 10.9. The van der Waals surface area contributed by atoms with Gasteiger partial charge in [-0.05, 0) is 19.1 Å². The van der Waals surface area contributed by atoms with Crippen molar-refractivity contribution >= 4 is 5.97 Å². The summed E-state index contributed by atoms with van der Waals surface area (Å²) in [6, 6.07) is 3.62. The average molecular weight is 198 g/mol. The quantitative estimate of drug-likeness (QED) is 0.516. The predicted molar refractivity (Wildman–Crippen MR) is 49.6 cm³/mol. The number of rotatable bonds is 6. The summed E-state index contributed by atoms with van der Waals surface area (Å²) in [7, 11) is 0. The molecule has 14 heavy (non-hydrogen) atoms. The van der Waals surface area contributed by atoms with E-state index in [1.54, 1.807) is 19.3 Å². The van der Waals surface area contributed by atoms with Crippen molar-refractivity contribution in [3.8, 4) is 0 Å². The molecule has 1 aromatic heterocycles. The molecule has 1 aromatic rings. The van der Waals surface area contributed by atoms with Gasteiger partial charge in [-0.2, -0.15) is 0 Å². The van der Waals surface area contributed by atoms with Crippen LogP contribution in [0.3, 0.4) is 0 Å². The van der Waals surface area contributed by atoms with E-state index in [9.17, 15) is 4.79 Å². The lowest BCUT2D eigenvalue weighted by atomic mass is 10.4. The van der Waals surface area contributed by atoms with Crippen LogP contribution in [0.15, 0.2) is 22.8 Å². The first-order chi connectivity index (χ1) is 6.83. The molecule has 0 radical (unpaired) electrons. The molecule has 0 bridgehead atoms. The Morgan fingerprint density at radius 3 is 3.07 bits per heavy atom. The molecule has 0 spiro atoms. The molecule has 0 aliphatic carbocycles. The Hall–Kier alpha value is -1.29. The number of furan rings is 1. The predicted octanol–water partition coefficient (Wildman–Crippen LogP) is 1.75. The molecule has 1 rings (SSSR count). The third-order valence-corrected chi connectivity index (χ3v) is 1.58. The van der Waals surface area contributed by atoms with Gasteiger partial charge in [0.1, 0.15) is 12.4 Å². The lowest BCUT2D eigenvalue weighted by Gasteiger charge is -2.02. The monoisotopic (exact) mass is 198 g/mol. The largest absolute Gasteiger partial charge is 0.467 e. The molecule has 0 saturated carbocycles. The topological polar surface area (TPSA) is 48.7 Å². The summed E-state index contributed by atoms with van der Waals surface area (Å²) in [4.78, 5) is 10.9. The molecule has 4 nitrogen and oxygen atoms in total. The van der Waals surface area contributed by atoms with E-state index in [1.165, 1.54) is 0 Å². The van der Waals surface area contributed by atoms with E-state index in [0.29, 0.717) is 19.8 Å². The molecular weight excluding hydrogens is 184 g/mol. The van der Waals surface area contributed by atoms with Crippen molar-refractivity contribution in [2.75, 3.05) is 13.2 Å². The van der Waals surface area contributed by atoms with Gasteiger partial charge in [0.15, 0.2) is 0 Å². The maximum atomic E-state index is 10.9. The van der Waals surface area contributed by atoms with Gasteiger partial charge >= 0.3 is 5.97 Å². The molecule has 0 amide bonds.